The largest absolute Gasteiger partial charge is 0.378 e. The minimum atomic E-state index is 0.535. The van der Waals surface area contributed by atoms with Crippen LogP contribution in [0.1, 0.15) is 17.2 Å². The van der Waals surface area contributed by atoms with Crippen LogP contribution < -0.4 is 9.80 Å². The minimum Gasteiger partial charge on any atom is -0.378 e. The van der Waals surface area contributed by atoms with Crippen molar-refractivity contribution in [3.8, 4) is 0 Å². The third-order valence-corrected chi connectivity index (χ3v) is 5.66. The lowest BCUT2D eigenvalue weighted by Gasteiger charge is -2.37. The van der Waals surface area contributed by atoms with Gasteiger partial charge in [-0.05, 0) is 25.6 Å². The van der Waals surface area contributed by atoms with Crippen molar-refractivity contribution >= 4 is 17.5 Å². The van der Waals surface area contributed by atoms with Crippen molar-refractivity contribution in [2.24, 2.45) is 0 Å². The molecule has 3 aliphatic heterocycles. The highest BCUT2D eigenvalue weighted by atomic mass is 16.5. The van der Waals surface area contributed by atoms with Crippen LogP contribution in [0.3, 0.4) is 0 Å². The van der Waals surface area contributed by atoms with Gasteiger partial charge in [-0.1, -0.05) is 18.2 Å². The van der Waals surface area contributed by atoms with Gasteiger partial charge in [-0.3, -0.25) is 0 Å². The second-order valence-corrected chi connectivity index (χ2v) is 7.47. The average molecular weight is 351 g/mol. The number of likely N-dealkylation sites (tertiary alicyclic amines) is 1. The zero-order valence-corrected chi connectivity index (χ0v) is 15.3. The van der Waals surface area contributed by atoms with Crippen molar-refractivity contribution in [2.75, 3.05) is 62.8 Å². The van der Waals surface area contributed by atoms with Gasteiger partial charge in [0.15, 0.2) is 0 Å². The minimum absolute atomic E-state index is 0.535. The van der Waals surface area contributed by atoms with Gasteiger partial charge < -0.3 is 19.4 Å². The molecule has 3 aliphatic rings. The highest BCUT2D eigenvalue weighted by Gasteiger charge is 2.35. The van der Waals surface area contributed by atoms with Crippen LogP contribution in [0.15, 0.2) is 30.3 Å². The van der Waals surface area contributed by atoms with Gasteiger partial charge in [0.05, 0.1) is 18.9 Å². The first-order chi connectivity index (χ1) is 12.8. The normalized spacial score (nSPS) is 21.0. The smallest absolute Gasteiger partial charge is 0.227 e. The van der Waals surface area contributed by atoms with Gasteiger partial charge in [0, 0.05) is 49.9 Å². The molecule has 6 heteroatoms. The number of likely N-dealkylation sites (N-methyl/N-ethyl adjacent to an activating group) is 1. The van der Waals surface area contributed by atoms with E-state index in [2.05, 4.69) is 52.1 Å². The number of ether oxygens (including phenoxy) is 1. The Labute approximate surface area is 154 Å². The predicted octanol–water partition coefficient (Wildman–Crippen LogP) is 2.04. The Morgan fingerprint density at radius 2 is 1.77 bits per heavy atom. The first kappa shape index (κ1) is 16.0. The van der Waals surface area contributed by atoms with E-state index in [-0.39, 0.29) is 0 Å². The van der Waals surface area contributed by atoms with Crippen LogP contribution in [0.5, 0.6) is 0 Å². The number of aromatic nitrogens is 2. The lowest BCUT2D eigenvalue weighted by Crippen LogP contribution is -2.43. The Bertz CT molecular complexity index is 784. The summed E-state index contributed by atoms with van der Waals surface area (Å²) in [5.74, 6) is 2.52. The summed E-state index contributed by atoms with van der Waals surface area (Å²) in [5, 5.41) is 0. The third kappa shape index (κ3) is 2.73. The van der Waals surface area contributed by atoms with Crippen LogP contribution in [0.2, 0.25) is 0 Å². The third-order valence-electron chi connectivity index (χ3n) is 5.66. The van der Waals surface area contributed by atoms with E-state index in [1.165, 1.54) is 16.9 Å². The number of para-hydroxylation sites is 1. The average Bonchev–Trinajstić information content (AvgIpc) is 3.10. The fourth-order valence-electron chi connectivity index (χ4n) is 4.24. The van der Waals surface area contributed by atoms with Gasteiger partial charge in [-0.2, -0.15) is 4.98 Å². The molecule has 2 aromatic rings. The summed E-state index contributed by atoms with van der Waals surface area (Å²) < 4.78 is 5.51. The summed E-state index contributed by atoms with van der Waals surface area (Å²) in [6.07, 6.45) is 1.03. The highest BCUT2D eigenvalue weighted by Crippen LogP contribution is 2.39. The van der Waals surface area contributed by atoms with Crippen LogP contribution in [-0.2, 0) is 11.2 Å². The van der Waals surface area contributed by atoms with E-state index >= 15 is 0 Å². The molecule has 5 rings (SSSR count). The van der Waals surface area contributed by atoms with Gasteiger partial charge in [-0.15, -0.1) is 0 Å². The van der Waals surface area contributed by atoms with Crippen molar-refractivity contribution in [1.29, 1.82) is 0 Å². The van der Waals surface area contributed by atoms with Crippen LogP contribution in [0.25, 0.3) is 0 Å². The fourth-order valence-corrected chi connectivity index (χ4v) is 4.24. The molecular weight excluding hydrogens is 326 g/mol. The molecule has 1 aromatic carbocycles. The zero-order valence-electron chi connectivity index (χ0n) is 15.3. The molecule has 0 atom stereocenters. The van der Waals surface area contributed by atoms with Crippen molar-refractivity contribution in [3.63, 3.8) is 0 Å². The topological polar surface area (TPSA) is 44.7 Å². The van der Waals surface area contributed by atoms with E-state index in [0.29, 0.717) is 5.92 Å². The first-order valence-electron chi connectivity index (χ1n) is 9.54. The van der Waals surface area contributed by atoms with Crippen LogP contribution in [-0.4, -0.2) is 67.9 Å². The van der Waals surface area contributed by atoms with E-state index in [0.717, 1.165) is 64.1 Å². The number of anilines is 3. The molecule has 2 saturated heterocycles. The summed E-state index contributed by atoms with van der Waals surface area (Å²) in [6.45, 7) is 6.42. The molecule has 0 saturated carbocycles. The Morgan fingerprint density at radius 1 is 1.00 bits per heavy atom. The molecule has 0 amide bonds. The summed E-state index contributed by atoms with van der Waals surface area (Å²) in [7, 11) is 2.18. The van der Waals surface area contributed by atoms with Gasteiger partial charge in [0.25, 0.3) is 0 Å². The molecule has 0 N–H and O–H groups in total. The van der Waals surface area contributed by atoms with Crippen LogP contribution >= 0.6 is 0 Å². The molecule has 0 spiro atoms. The van der Waals surface area contributed by atoms with E-state index in [1.807, 2.05) is 0 Å². The van der Waals surface area contributed by atoms with E-state index in [9.17, 15) is 0 Å². The van der Waals surface area contributed by atoms with E-state index in [1.54, 1.807) is 0 Å². The summed E-state index contributed by atoms with van der Waals surface area (Å²) >= 11 is 0. The molecule has 2 fully saturated rings. The predicted molar refractivity (Wildman–Crippen MR) is 102 cm³/mol. The zero-order chi connectivity index (χ0) is 17.5. The Balaban J connectivity index is 1.57. The Kier molecular flexibility index (Phi) is 4.02. The standard InChI is InChI=1S/C20H25N5O/c1-23-13-15(14-23)18-17-7-8-25(16-5-3-2-4-6-16)19(17)22-20(21-18)24-9-11-26-12-10-24/h2-6,15H,7-14H2,1H3. The Hall–Kier alpha value is -2.18. The number of hydrogen-bond donors (Lipinski definition) is 0. The summed E-state index contributed by atoms with van der Waals surface area (Å²) in [4.78, 5) is 17.1. The molecule has 0 aliphatic carbocycles. The molecule has 1 aromatic heterocycles. The van der Waals surface area contributed by atoms with Crippen LogP contribution in [0, 0.1) is 0 Å². The molecule has 26 heavy (non-hydrogen) atoms. The van der Waals surface area contributed by atoms with E-state index in [4.69, 9.17) is 14.7 Å². The van der Waals surface area contributed by atoms with Gasteiger partial charge in [0.1, 0.15) is 5.82 Å². The van der Waals surface area contributed by atoms with Crippen molar-refractivity contribution < 1.29 is 4.74 Å². The highest BCUT2D eigenvalue weighted by molar-refractivity contribution is 5.68. The lowest BCUT2D eigenvalue weighted by molar-refractivity contribution is 0.122. The number of nitrogens with zero attached hydrogens (tertiary/aromatic N) is 5. The van der Waals surface area contributed by atoms with Crippen molar-refractivity contribution in [1.82, 2.24) is 14.9 Å². The number of benzene rings is 1. The molecule has 0 radical (unpaired) electrons. The maximum absolute atomic E-state index is 5.51. The molecule has 136 valence electrons. The summed E-state index contributed by atoms with van der Waals surface area (Å²) in [5.41, 5.74) is 3.84. The summed E-state index contributed by atoms with van der Waals surface area (Å²) in [6, 6.07) is 10.6. The SMILES string of the molecule is CN1CC(c2nc(N3CCOCC3)nc3c2CCN3c2ccccc2)C1. The second-order valence-electron chi connectivity index (χ2n) is 7.47. The number of morpholine rings is 1. The molecule has 6 nitrogen and oxygen atoms in total. The number of fused-ring (bicyclic) bond motifs is 1. The first-order valence-corrected chi connectivity index (χ1v) is 9.54. The van der Waals surface area contributed by atoms with Crippen LogP contribution in [0.4, 0.5) is 17.5 Å². The van der Waals surface area contributed by atoms with Crippen molar-refractivity contribution in [3.05, 3.63) is 41.6 Å². The van der Waals surface area contributed by atoms with E-state index < -0.39 is 0 Å². The van der Waals surface area contributed by atoms with Gasteiger partial charge in [0.2, 0.25) is 5.95 Å². The maximum atomic E-state index is 5.51. The molecule has 4 heterocycles. The van der Waals surface area contributed by atoms with Gasteiger partial charge in [-0.25, -0.2) is 4.98 Å². The van der Waals surface area contributed by atoms with Crippen molar-refractivity contribution in [2.45, 2.75) is 12.3 Å². The second kappa shape index (κ2) is 6.52. The fraction of sp³-hybridized carbons (Fsp3) is 0.500. The number of rotatable bonds is 3. The Morgan fingerprint density at radius 3 is 2.50 bits per heavy atom. The molecule has 0 unspecified atom stereocenters. The molecular formula is C20H25N5O. The monoisotopic (exact) mass is 351 g/mol. The maximum Gasteiger partial charge on any atom is 0.227 e. The quantitative estimate of drug-likeness (QED) is 0.843. The van der Waals surface area contributed by atoms with Gasteiger partial charge >= 0.3 is 0 Å². The molecule has 0 bridgehead atoms. The number of hydrogen-bond acceptors (Lipinski definition) is 6. The lowest BCUT2D eigenvalue weighted by atomic mass is 9.93.